The molecule has 11 heavy (non-hydrogen) atoms. The predicted molar refractivity (Wildman–Crippen MR) is 39.3 cm³/mol. The standard InChI is InChI=1S/C3H7NO5S2/c1-2(9-3(4)5)10-11(6,7)8/h2H,1H3,(H2,4,5)(H,6,7,8). The Morgan fingerprint density at radius 1 is 1.73 bits per heavy atom. The van der Waals surface area contributed by atoms with Gasteiger partial charge in [0.25, 0.3) is 0 Å². The molecule has 0 heterocycles. The van der Waals surface area contributed by atoms with Crippen molar-refractivity contribution >= 4 is 26.0 Å². The molecule has 0 saturated carbocycles. The van der Waals surface area contributed by atoms with Crippen LogP contribution in [0.5, 0.6) is 0 Å². The molecular weight excluding hydrogens is 194 g/mol. The van der Waals surface area contributed by atoms with Gasteiger partial charge in [-0.25, -0.2) is 4.79 Å². The van der Waals surface area contributed by atoms with E-state index in [1.807, 2.05) is 0 Å². The first-order valence-corrected chi connectivity index (χ1v) is 5.26. The fourth-order valence-electron chi connectivity index (χ4n) is 0.354. The molecule has 0 rings (SSSR count). The van der Waals surface area contributed by atoms with E-state index in [9.17, 15) is 13.2 Å². The maximum absolute atomic E-state index is 10.1. The Kier molecular flexibility index (Phi) is 3.63. The van der Waals surface area contributed by atoms with E-state index < -0.39 is 20.7 Å². The van der Waals surface area contributed by atoms with Crippen LogP contribution >= 0.6 is 10.8 Å². The fraction of sp³-hybridized carbons (Fsp3) is 0.667. The van der Waals surface area contributed by atoms with E-state index in [4.69, 9.17) is 4.55 Å². The second-order valence-electron chi connectivity index (χ2n) is 1.53. The molecule has 0 aromatic heterocycles. The minimum atomic E-state index is -4.19. The molecule has 0 aliphatic heterocycles. The van der Waals surface area contributed by atoms with Gasteiger partial charge in [0, 0.05) is 10.8 Å². The third kappa shape index (κ3) is 7.43. The van der Waals surface area contributed by atoms with Gasteiger partial charge in [-0.1, -0.05) is 0 Å². The van der Waals surface area contributed by atoms with Gasteiger partial charge in [0.1, 0.15) is 0 Å². The third-order valence-corrected chi connectivity index (χ3v) is 2.69. The normalized spacial score (nSPS) is 14.0. The molecule has 1 unspecified atom stereocenters. The highest BCUT2D eigenvalue weighted by Gasteiger charge is 2.15. The molecule has 0 aliphatic carbocycles. The quantitative estimate of drug-likeness (QED) is 0.377. The number of hydrogen-bond acceptors (Lipinski definition) is 5. The lowest BCUT2D eigenvalue weighted by Gasteiger charge is -2.06. The topological polar surface area (TPSA) is 107 Å². The summed E-state index contributed by atoms with van der Waals surface area (Å²) in [6, 6.07) is 0. The Bertz CT molecular complexity index is 234. The minimum Gasteiger partial charge on any atom is -0.434 e. The molecule has 1 amide bonds. The van der Waals surface area contributed by atoms with Crippen molar-refractivity contribution in [3.05, 3.63) is 0 Å². The van der Waals surface area contributed by atoms with Gasteiger partial charge in [0.05, 0.1) is 0 Å². The molecule has 0 fully saturated rings. The van der Waals surface area contributed by atoms with Crippen LogP contribution in [-0.4, -0.2) is 24.5 Å². The van der Waals surface area contributed by atoms with Crippen molar-refractivity contribution in [2.75, 3.05) is 0 Å². The lowest BCUT2D eigenvalue weighted by atomic mass is 10.8. The van der Waals surface area contributed by atoms with Crippen molar-refractivity contribution in [1.29, 1.82) is 0 Å². The molecule has 66 valence electrons. The number of carbonyl (C=O) groups is 1. The summed E-state index contributed by atoms with van der Waals surface area (Å²) in [6.45, 7) is 1.27. The third-order valence-electron chi connectivity index (χ3n) is 0.539. The molecular formula is C3H7NO5S2. The van der Waals surface area contributed by atoms with E-state index in [1.165, 1.54) is 6.92 Å². The van der Waals surface area contributed by atoms with Crippen LogP contribution in [0.3, 0.4) is 0 Å². The van der Waals surface area contributed by atoms with Crippen molar-refractivity contribution in [1.82, 2.24) is 0 Å². The van der Waals surface area contributed by atoms with Crippen molar-refractivity contribution in [3.63, 3.8) is 0 Å². The summed E-state index contributed by atoms with van der Waals surface area (Å²) in [5, 5.41) is 0. The van der Waals surface area contributed by atoms with Crippen LogP contribution in [0.15, 0.2) is 0 Å². The smallest absolute Gasteiger partial charge is 0.405 e. The Morgan fingerprint density at radius 2 is 2.18 bits per heavy atom. The molecule has 0 radical (unpaired) electrons. The summed E-state index contributed by atoms with van der Waals surface area (Å²) < 4.78 is 32.6. The minimum absolute atomic E-state index is 0.0898. The van der Waals surface area contributed by atoms with Crippen molar-refractivity contribution in [3.8, 4) is 0 Å². The number of hydrogen-bond donors (Lipinski definition) is 2. The van der Waals surface area contributed by atoms with Crippen molar-refractivity contribution < 1.29 is 22.5 Å². The second-order valence-corrected chi connectivity index (χ2v) is 5.08. The van der Waals surface area contributed by atoms with Crippen LogP contribution < -0.4 is 5.73 Å². The van der Waals surface area contributed by atoms with Crippen LogP contribution in [0, 0.1) is 0 Å². The zero-order valence-corrected chi connectivity index (χ0v) is 7.18. The molecule has 0 bridgehead atoms. The maximum Gasteiger partial charge on any atom is 0.405 e. The van der Waals surface area contributed by atoms with Crippen LogP contribution in [0.4, 0.5) is 4.79 Å². The number of nitrogens with two attached hydrogens (primary N) is 1. The van der Waals surface area contributed by atoms with Gasteiger partial charge < -0.3 is 10.5 Å². The molecule has 0 aromatic carbocycles. The van der Waals surface area contributed by atoms with E-state index in [0.29, 0.717) is 0 Å². The number of ether oxygens (including phenoxy) is 1. The largest absolute Gasteiger partial charge is 0.434 e. The van der Waals surface area contributed by atoms with E-state index in [-0.39, 0.29) is 10.8 Å². The van der Waals surface area contributed by atoms with E-state index >= 15 is 0 Å². The van der Waals surface area contributed by atoms with Gasteiger partial charge in [0.15, 0.2) is 5.44 Å². The monoisotopic (exact) mass is 201 g/mol. The number of primary amides is 1. The van der Waals surface area contributed by atoms with E-state index in [1.54, 1.807) is 0 Å². The molecule has 0 spiro atoms. The summed E-state index contributed by atoms with van der Waals surface area (Å²) in [6.07, 6.45) is -1.09. The van der Waals surface area contributed by atoms with Crippen molar-refractivity contribution in [2.45, 2.75) is 12.4 Å². The molecule has 6 nitrogen and oxygen atoms in total. The Hall–Kier alpha value is -0.470. The summed E-state index contributed by atoms with van der Waals surface area (Å²) in [4.78, 5) is 10.0. The molecule has 3 N–H and O–H groups in total. The number of carbonyl (C=O) groups excluding carboxylic acids is 1. The lowest BCUT2D eigenvalue weighted by Crippen LogP contribution is -2.19. The summed E-state index contributed by atoms with van der Waals surface area (Å²) >= 11 is 0. The number of rotatable bonds is 3. The number of amides is 1. The van der Waals surface area contributed by atoms with Gasteiger partial charge in [-0.05, 0) is 6.92 Å². The summed E-state index contributed by atoms with van der Waals surface area (Å²) in [5.41, 5.74) is 3.55. The van der Waals surface area contributed by atoms with Crippen molar-refractivity contribution in [2.24, 2.45) is 5.73 Å². The van der Waals surface area contributed by atoms with Gasteiger partial charge in [-0.3, -0.25) is 4.55 Å². The first-order valence-electron chi connectivity index (χ1n) is 2.43. The maximum atomic E-state index is 10.1. The predicted octanol–water partition coefficient (Wildman–Crippen LogP) is -0.0363. The van der Waals surface area contributed by atoms with Crippen LogP contribution in [0.2, 0.25) is 0 Å². The Balaban J connectivity index is 3.89. The summed E-state index contributed by atoms with van der Waals surface area (Å²) in [5.74, 6) is 0. The molecule has 0 aliphatic rings. The van der Waals surface area contributed by atoms with Crippen LogP contribution in [0.1, 0.15) is 6.92 Å². The van der Waals surface area contributed by atoms with Gasteiger partial charge in [-0.15, -0.1) is 0 Å². The lowest BCUT2D eigenvalue weighted by molar-refractivity contribution is 0.152. The van der Waals surface area contributed by atoms with Gasteiger partial charge in [0.2, 0.25) is 0 Å². The first-order chi connectivity index (χ1) is 4.81. The Morgan fingerprint density at radius 3 is 2.45 bits per heavy atom. The SMILES string of the molecule is CC(OC(N)=O)SS(=O)(=O)O. The zero-order valence-electron chi connectivity index (χ0n) is 5.55. The van der Waals surface area contributed by atoms with E-state index in [0.717, 1.165) is 0 Å². The second kappa shape index (κ2) is 3.79. The highest BCUT2D eigenvalue weighted by atomic mass is 33.1. The average molecular weight is 201 g/mol. The molecule has 0 saturated heterocycles. The molecule has 1 atom stereocenters. The van der Waals surface area contributed by atoms with Crippen LogP contribution in [0.25, 0.3) is 0 Å². The molecule has 8 heteroatoms. The van der Waals surface area contributed by atoms with Gasteiger partial charge in [-0.2, -0.15) is 8.42 Å². The van der Waals surface area contributed by atoms with E-state index in [2.05, 4.69) is 10.5 Å². The summed E-state index contributed by atoms with van der Waals surface area (Å²) in [7, 11) is -4.10. The van der Waals surface area contributed by atoms with Gasteiger partial charge >= 0.3 is 15.2 Å². The first kappa shape index (κ1) is 10.5. The average Bonchev–Trinajstić information content (AvgIpc) is 1.53. The fourth-order valence-corrected chi connectivity index (χ4v) is 1.98. The Labute approximate surface area is 67.2 Å². The highest BCUT2D eigenvalue weighted by Crippen LogP contribution is 2.17. The zero-order chi connectivity index (χ0) is 9.07. The van der Waals surface area contributed by atoms with Crippen LogP contribution in [-0.2, 0) is 13.9 Å². The highest BCUT2D eigenvalue weighted by molar-refractivity contribution is 8.70. The molecule has 0 aromatic rings.